The topological polar surface area (TPSA) is 63.8 Å². The summed E-state index contributed by atoms with van der Waals surface area (Å²) in [5, 5.41) is 5.42. The van der Waals surface area contributed by atoms with Crippen LogP contribution in [0.3, 0.4) is 0 Å². The van der Waals surface area contributed by atoms with Crippen molar-refractivity contribution in [3.05, 3.63) is 34.3 Å². The van der Waals surface area contributed by atoms with Crippen molar-refractivity contribution in [2.75, 3.05) is 17.6 Å². The third-order valence-corrected chi connectivity index (χ3v) is 3.90. The number of nitrogens with two attached hydrogens (primary N) is 1. The predicted octanol–water partition coefficient (Wildman–Crippen LogP) is 2.65. The van der Waals surface area contributed by atoms with Gasteiger partial charge in [-0.3, -0.25) is 0 Å². The fraction of sp³-hybridized carbons (Fsp3) is 0.385. The fourth-order valence-corrected chi connectivity index (χ4v) is 2.58. The summed E-state index contributed by atoms with van der Waals surface area (Å²) in [6.07, 6.45) is 3.40. The highest BCUT2D eigenvalue weighted by Gasteiger charge is 2.27. The molecule has 1 fully saturated rings. The zero-order valence-corrected chi connectivity index (χ0v) is 10.9. The first kappa shape index (κ1) is 11.5. The fourth-order valence-electron chi connectivity index (χ4n) is 1.87. The maximum absolute atomic E-state index is 5.80. The van der Waals surface area contributed by atoms with Crippen molar-refractivity contribution < 1.29 is 0 Å². The molecule has 5 heteroatoms. The molecule has 0 saturated heterocycles. The number of rotatable bonds is 5. The summed E-state index contributed by atoms with van der Waals surface area (Å²) in [6.45, 7) is 0.876. The summed E-state index contributed by atoms with van der Waals surface area (Å²) in [5.74, 6) is 2.84. The van der Waals surface area contributed by atoms with E-state index in [0.29, 0.717) is 11.7 Å². The SMILES string of the molecule is Nc1cc(NCCc2cccs2)nc(C2CC2)n1. The standard InChI is InChI=1S/C13H16N4S/c14-11-8-12(17-13(16-11)9-3-4-9)15-6-5-10-2-1-7-18-10/h1-2,7-9H,3-6H2,(H3,14,15,16,17). The Balaban J connectivity index is 1.61. The number of aromatic nitrogens is 2. The Kier molecular flexibility index (Phi) is 3.15. The van der Waals surface area contributed by atoms with E-state index in [4.69, 9.17) is 5.73 Å². The van der Waals surface area contributed by atoms with E-state index < -0.39 is 0 Å². The molecule has 94 valence electrons. The minimum absolute atomic E-state index is 0.534. The molecule has 1 aliphatic rings. The maximum Gasteiger partial charge on any atom is 0.136 e. The normalized spacial score (nSPS) is 14.7. The minimum Gasteiger partial charge on any atom is -0.384 e. The molecule has 0 aromatic carbocycles. The van der Waals surface area contributed by atoms with Crippen LogP contribution in [-0.4, -0.2) is 16.5 Å². The van der Waals surface area contributed by atoms with Gasteiger partial charge in [-0.1, -0.05) is 6.07 Å². The minimum atomic E-state index is 0.534. The second-order valence-corrected chi connectivity index (χ2v) is 5.60. The van der Waals surface area contributed by atoms with Crippen LogP contribution in [0.2, 0.25) is 0 Å². The number of nitrogens with one attached hydrogen (secondary N) is 1. The first-order valence-corrected chi connectivity index (χ1v) is 7.10. The lowest BCUT2D eigenvalue weighted by atomic mass is 10.3. The Morgan fingerprint density at radius 2 is 2.28 bits per heavy atom. The molecule has 3 rings (SSSR count). The largest absolute Gasteiger partial charge is 0.384 e. The summed E-state index contributed by atoms with van der Waals surface area (Å²) in [7, 11) is 0. The van der Waals surface area contributed by atoms with Crippen LogP contribution < -0.4 is 11.1 Å². The number of nitrogens with zero attached hydrogens (tertiary/aromatic N) is 2. The molecule has 18 heavy (non-hydrogen) atoms. The molecule has 1 aliphatic carbocycles. The average Bonchev–Trinajstić information content (AvgIpc) is 3.08. The highest BCUT2D eigenvalue weighted by Crippen LogP contribution is 2.38. The quantitative estimate of drug-likeness (QED) is 0.867. The third kappa shape index (κ3) is 2.79. The molecule has 4 nitrogen and oxygen atoms in total. The summed E-state index contributed by atoms with van der Waals surface area (Å²) in [4.78, 5) is 10.2. The molecular formula is C13H16N4S. The van der Waals surface area contributed by atoms with Crippen molar-refractivity contribution in [2.45, 2.75) is 25.2 Å². The zero-order chi connectivity index (χ0) is 12.4. The smallest absolute Gasteiger partial charge is 0.136 e. The Morgan fingerprint density at radius 3 is 3.00 bits per heavy atom. The Hall–Kier alpha value is -1.62. The molecule has 0 bridgehead atoms. The third-order valence-electron chi connectivity index (χ3n) is 2.96. The Labute approximate surface area is 110 Å². The lowest BCUT2D eigenvalue weighted by molar-refractivity contribution is 0.922. The van der Waals surface area contributed by atoms with Crippen molar-refractivity contribution in [1.29, 1.82) is 0 Å². The van der Waals surface area contributed by atoms with Gasteiger partial charge in [-0.25, -0.2) is 9.97 Å². The van der Waals surface area contributed by atoms with Gasteiger partial charge in [0.05, 0.1) is 0 Å². The van der Waals surface area contributed by atoms with Crippen molar-refractivity contribution in [3.63, 3.8) is 0 Å². The molecule has 0 radical (unpaired) electrons. The van der Waals surface area contributed by atoms with Crippen LogP contribution >= 0.6 is 11.3 Å². The van der Waals surface area contributed by atoms with E-state index in [1.807, 2.05) is 0 Å². The van der Waals surface area contributed by atoms with Gasteiger partial charge < -0.3 is 11.1 Å². The highest BCUT2D eigenvalue weighted by molar-refractivity contribution is 7.09. The number of nitrogen functional groups attached to an aromatic ring is 1. The van der Waals surface area contributed by atoms with Gasteiger partial charge in [0.1, 0.15) is 17.5 Å². The van der Waals surface area contributed by atoms with E-state index in [1.165, 1.54) is 17.7 Å². The summed E-state index contributed by atoms with van der Waals surface area (Å²) in [5.41, 5.74) is 5.80. The highest BCUT2D eigenvalue weighted by atomic mass is 32.1. The molecule has 2 heterocycles. The first-order chi connectivity index (χ1) is 8.81. The van der Waals surface area contributed by atoms with Gasteiger partial charge in [-0.2, -0.15) is 0 Å². The van der Waals surface area contributed by atoms with E-state index in [9.17, 15) is 0 Å². The second kappa shape index (κ2) is 4.94. The van der Waals surface area contributed by atoms with Crippen LogP contribution in [0, 0.1) is 0 Å². The van der Waals surface area contributed by atoms with Crippen LogP contribution in [0.25, 0.3) is 0 Å². The van der Waals surface area contributed by atoms with Crippen molar-refractivity contribution >= 4 is 23.0 Å². The van der Waals surface area contributed by atoms with Gasteiger partial charge >= 0.3 is 0 Å². The van der Waals surface area contributed by atoms with E-state index in [1.54, 1.807) is 17.4 Å². The molecule has 0 atom stereocenters. The van der Waals surface area contributed by atoms with E-state index in [-0.39, 0.29) is 0 Å². The Bertz CT molecular complexity index is 520. The molecule has 1 saturated carbocycles. The molecule has 0 aliphatic heterocycles. The lowest BCUT2D eigenvalue weighted by Crippen LogP contribution is -2.08. The number of anilines is 2. The molecule has 2 aromatic rings. The first-order valence-electron chi connectivity index (χ1n) is 6.22. The summed E-state index contributed by atoms with van der Waals surface area (Å²) in [6, 6.07) is 6.03. The van der Waals surface area contributed by atoms with Gasteiger partial charge in [0, 0.05) is 23.4 Å². The van der Waals surface area contributed by atoms with Gasteiger partial charge in [0.25, 0.3) is 0 Å². The number of thiophene rings is 1. The number of hydrogen-bond donors (Lipinski definition) is 2. The second-order valence-electron chi connectivity index (χ2n) is 4.57. The molecular weight excluding hydrogens is 244 g/mol. The van der Waals surface area contributed by atoms with Gasteiger partial charge in [0.2, 0.25) is 0 Å². The monoisotopic (exact) mass is 260 g/mol. The van der Waals surface area contributed by atoms with Gasteiger partial charge in [-0.15, -0.1) is 11.3 Å². The van der Waals surface area contributed by atoms with E-state index in [0.717, 1.165) is 24.6 Å². The maximum atomic E-state index is 5.80. The zero-order valence-electron chi connectivity index (χ0n) is 10.1. The summed E-state index contributed by atoms with van der Waals surface area (Å²) < 4.78 is 0. The predicted molar refractivity (Wildman–Crippen MR) is 74.9 cm³/mol. The van der Waals surface area contributed by atoms with Crippen molar-refractivity contribution in [2.24, 2.45) is 0 Å². The molecule has 0 amide bonds. The lowest BCUT2D eigenvalue weighted by Gasteiger charge is -2.07. The van der Waals surface area contributed by atoms with Crippen LogP contribution in [0.1, 0.15) is 29.5 Å². The van der Waals surface area contributed by atoms with Crippen LogP contribution in [-0.2, 0) is 6.42 Å². The average molecular weight is 260 g/mol. The summed E-state index contributed by atoms with van der Waals surface area (Å²) >= 11 is 1.78. The van der Waals surface area contributed by atoms with Crippen molar-refractivity contribution in [3.8, 4) is 0 Å². The molecule has 3 N–H and O–H groups in total. The van der Waals surface area contributed by atoms with Gasteiger partial charge in [-0.05, 0) is 30.7 Å². The van der Waals surface area contributed by atoms with Crippen LogP contribution in [0.5, 0.6) is 0 Å². The van der Waals surface area contributed by atoms with E-state index >= 15 is 0 Å². The molecule has 0 spiro atoms. The van der Waals surface area contributed by atoms with Crippen LogP contribution in [0.4, 0.5) is 11.6 Å². The molecule has 2 aromatic heterocycles. The van der Waals surface area contributed by atoms with Crippen LogP contribution in [0.15, 0.2) is 23.6 Å². The van der Waals surface area contributed by atoms with Gasteiger partial charge in [0.15, 0.2) is 0 Å². The van der Waals surface area contributed by atoms with Crippen molar-refractivity contribution in [1.82, 2.24) is 9.97 Å². The van der Waals surface area contributed by atoms with E-state index in [2.05, 4.69) is 32.8 Å². The Morgan fingerprint density at radius 1 is 1.39 bits per heavy atom. The number of hydrogen-bond acceptors (Lipinski definition) is 5. The molecule has 0 unspecified atom stereocenters.